The third-order valence-electron chi connectivity index (χ3n) is 3.27. The van der Waals surface area contributed by atoms with Crippen molar-refractivity contribution in [2.45, 2.75) is 25.9 Å². The molecule has 2 rings (SSSR count). The number of hydrogen-bond acceptors (Lipinski definition) is 3. The second kappa shape index (κ2) is 4.97. The van der Waals surface area contributed by atoms with Crippen LogP contribution in [-0.2, 0) is 11.8 Å². The van der Waals surface area contributed by atoms with Gasteiger partial charge in [0.15, 0.2) is 0 Å². The van der Waals surface area contributed by atoms with Crippen molar-refractivity contribution in [2.24, 2.45) is 13.0 Å². The molecule has 0 saturated carbocycles. The lowest BCUT2D eigenvalue weighted by Gasteiger charge is -2.31. The van der Waals surface area contributed by atoms with Crippen LogP contribution in [0.3, 0.4) is 0 Å². The van der Waals surface area contributed by atoms with E-state index in [2.05, 4.69) is 23.5 Å². The summed E-state index contributed by atoms with van der Waals surface area (Å²) in [6, 6.07) is 0. The molecule has 0 radical (unpaired) electrons. The number of aryl methyl sites for hydroxylation is 2. The first-order chi connectivity index (χ1) is 7.72. The summed E-state index contributed by atoms with van der Waals surface area (Å²) >= 11 is 0. The number of hydrogen-bond donors (Lipinski definition) is 1. The number of nitrogens with zero attached hydrogens (tertiary/aromatic N) is 2. The SMILES string of the molecule is CNCC1CCCOC1c1cn(C)nc1C. The Balaban J connectivity index is 2.19. The summed E-state index contributed by atoms with van der Waals surface area (Å²) in [4.78, 5) is 0. The molecule has 90 valence electrons. The maximum absolute atomic E-state index is 5.93. The highest BCUT2D eigenvalue weighted by molar-refractivity contribution is 5.20. The lowest BCUT2D eigenvalue weighted by molar-refractivity contribution is -0.0276. The lowest BCUT2D eigenvalue weighted by atomic mass is 9.90. The summed E-state index contributed by atoms with van der Waals surface area (Å²) in [5.74, 6) is 0.571. The molecule has 1 saturated heterocycles. The standard InChI is InChI=1S/C12H21N3O/c1-9-11(8-15(3)14-9)12-10(7-13-2)5-4-6-16-12/h8,10,12-13H,4-7H2,1-3H3. The maximum Gasteiger partial charge on any atom is 0.0898 e. The van der Waals surface area contributed by atoms with Crippen LogP contribution in [0, 0.1) is 12.8 Å². The Morgan fingerprint density at radius 2 is 2.44 bits per heavy atom. The Kier molecular flexibility index (Phi) is 3.61. The van der Waals surface area contributed by atoms with Crippen molar-refractivity contribution in [3.05, 3.63) is 17.5 Å². The summed E-state index contributed by atoms with van der Waals surface area (Å²) < 4.78 is 7.80. The monoisotopic (exact) mass is 223 g/mol. The van der Waals surface area contributed by atoms with Gasteiger partial charge in [-0.2, -0.15) is 5.10 Å². The van der Waals surface area contributed by atoms with Crippen molar-refractivity contribution in [3.63, 3.8) is 0 Å². The predicted molar refractivity (Wildman–Crippen MR) is 63.3 cm³/mol. The highest BCUT2D eigenvalue weighted by atomic mass is 16.5. The fraction of sp³-hybridized carbons (Fsp3) is 0.750. The van der Waals surface area contributed by atoms with Crippen LogP contribution in [0.25, 0.3) is 0 Å². The minimum atomic E-state index is 0.217. The van der Waals surface area contributed by atoms with Gasteiger partial charge in [-0.05, 0) is 26.8 Å². The molecule has 1 fully saturated rings. The van der Waals surface area contributed by atoms with Crippen molar-refractivity contribution in [1.82, 2.24) is 15.1 Å². The minimum absolute atomic E-state index is 0.217. The normalized spacial score (nSPS) is 25.9. The summed E-state index contributed by atoms with van der Waals surface area (Å²) in [6.45, 7) is 3.95. The third-order valence-corrected chi connectivity index (χ3v) is 3.27. The smallest absolute Gasteiger partial charge is 0.0898 e. The summed E-state index contributed by atoms with van der Waals surface area (Å²) in [5, 5.41) is 7.65. The molecule has 1 aromatic heterocycles. The fourth-order valence-electron chi connectivity index (χ4n) is 2.56. The largest absolute Gasteiger partial charge is 0.373 e. The number of rotatable bonds is 3. The molecule has 2 heterocycles. The predicted octanol–water partition coefficient (Wildman–Crippen LogP) is 1.42. The zero-order chi connectivity index (χ0) is 11.5. The highest BCUT2D eigenvalue weighted by Crippen LogP contribution is 2.34. The van der Waals surface area contributed by atoms with Crippen LogP contribution < -0.4 is 5.32 Å². The van der Waals surface area contributed by atoms with Crippen LogP contribution in [-0.4, -0.2) is 30.0 Å². The van der Waals surface area contributed by atoms with Gasteiger partial charge in [-0.1, -0.05) is 0 Å². The van der Waals surface area contributed by atoms with Crippen molar-refractivity contribution in [3.8, 4) is 0 Å². The van der Waals surface area contributed by atoms with E-state index in [1.807, 2.05) is 18.8 Å². The van der Waals surface area contributed by atoms with E-state index in [1.165, 1.54) is 18.4 Å². The Hall–Kier alpha value is -0.870. The van der Waals surface area contributed by atoms with Crippen LogP contribution in [0.1, 0.15) is 30.2 Å². The molecule has 1 aliphatic rings. The Morgan fingerprint density at radius 1 is 1.62 bits per heavy atom. The molecule has 0 aromatic carbocycles. The van der Waals surface area contributed by atoms with E-state index >= 15 is 0 Å². The van der Waals surface area contributed by atoms with Crippen molar-refractivity contribution in [2.75, 3.05) is 20.2 Å². The average Bonchev–Trinajstić information content (AvgIpc) is 2.59. The van der Waals surface area contributed by atoms with Crippen molar-refractivity contribution >= 4 is 0 Å². The first kappa shape index (κ1) is 11.6. The zero-order valence-corrected chi connectivity index (χ0v) is 10.4. The van der Waals surface area contributed by atoms with E-state index in [-0.39, 0.29) is 6.10 Å². The van der Waals surface area contributed by atoms with Gasteiger partial charge in [0, 0.05) is 37.9 Å². The van der Waals surface area contributed by atoms with E-state index in [4.69, 9.17) is 4.74 Å². The van der Waals surface area contributed by atoms with E-state index < -0.39 is 0 Å². The molecule has 2 atom stereocenters. The van der Waals surface area contributed by atoms with Crippen LogP contribution in [0.15, 0.2) is 6.20 Å². The third kappa shape index (κ3) is 2.28. The number of nitrogens with one attached hydrogen (secondary N) is 1. The molecule has 0 bridgehead atoms. The molecule has 1 aromatic rings. The first-order valence-electron chi connectivity index (χ1n) is 5.98. The van der Waals surface area contributed by atoms with Gasteiger partial charge in [0.05, 0.1) is 11.8 Å². The lowest BCUT2D eigenvalue weighted by Crippen LogP contribution is -2.30. The molecular formula is C12H21N3O. The molecule has 16 heavy (non-hydrogen) atoms. The van der Waals surface area contributed by atoms with Gasteiger partial charge >= 0.3 is 0 Å². The second-order valence-electron chi connectivity index (χ2n) is 4.59. The molecule has 1 aliphatic heterocycles. The van der Waals surface area contributed by atoms with Crippen LogP contribution in [0.2, 0.25) is 0 Å². The summed E-state index contributed by atoms with van der Waals surface area (Å²) in [6.07, 6.45) is 4.71. The van der Waals surface area contributed by atoms with Crippen molar-refractivity contribution < 1.29 is 4.74 Å². The van der Waals surface area contributed by atoms with Gasteiger partial charge in [0.1, 0.15) is 0 Å². The van der Waals surface area contributed by atoms with E-state index in [9.17, 15) is 0 Å². The molecule has 0 aliphatic carbocycles. The van der Waals surface area contributed by atoms with Crippen LogP contribution in [0.5, 0.6) is 0 Å². The van der Waals surface area contributed by atoms with Gasteiger partial charge in [0.2, 0.25) is 0 Å². The molecule has 4 nitrogen and oxygen atoms in total. The quantitative estimate of drug-likeness (QED) is 0.842. The number of aromatic nitrogens is 2. The molecular weight excluding hydrogens is 202 g/mol. The van der Waals surface area contributed by atoms with Gasteiger partial charge in [0.25, 0.3) is 0 Å². The Labute approximate surface area is 97.0 Å². The number of ether oxygens (including phenoxy) is 1. The summed E-state index contributed by atoms with van der Waals surface area (Å²) in [7, 11) is 3.97. The molecule has 2 unspecified atom stereocenters. The van der Waals surface area contributed by atoms with Crippen LogP contribution in [0.4, 0.5) is 0 Å². The van der Waals surface area contributed by atoms with Gasteiger partial charge < -0.3 is 10.1 Å². The average molecular weight is 223 g/mol. The van der Waals surface area contributed by atoms with Crippen LogP contribution >= 0.6 is 0 Å². The van der Waals surface area contributed by atoms with Crippen molar-refractivity contribution in [1.29, 1.82) is 0 Å². The van der Waals surface area contributed by atoms with Gasteiger partial charge in [-0.3, -0.25) is 4.68 Å². The summed E-state index contributed by atoms with van der Waals surface area (Å²) in [5.41, 5.74) is 2.35. The highest BCUT2D eigenvalue weighted by Gasteiger charge is 2.29. The van der Waals surface area contributed by atoms with Gasteiger partial charge in [-0.25, -0.2) is 0 Å². The maximum atomic E-state index is 5.93. The van der Waals surface area contributed by atoms with Gasteiger partial charge in [-0.15, -0.1) is 0 Å². The zero-order valence-electron chi connectivity index (χ0n) is 10.4. The fourth-order valence-corrected chi connectivity index (χ4v) is 2.56. The molecule has 1 N–H and O–H groups in total. The molecule has 0 spiro atoms. The van der Waals surface area contributed by atoms with E-state index in [0.29, 0.717) is 5.92 Å². The minimum Gasteiger partial charge on any atom is -0.373 e. The Bertz CT molecular complexity index is 346. The Morgan fingerprint density at radius 3 is 3.06 bits per heavy atom. The molecule has 4 heteroatoms. The second-order valence-corrected chi connectivity index (χ2v) is 4.59. The molecule has 0 amide bonds. The first-order valence-corrected chi connectivity index (χ1v) is 5.98. The van der Waals surface area contributed by atoms with E-state index in [0.717, 1.165) is 18.8 Å². The topological polar surface area (TPSA) is 39.1 Å². The van der Waals surface area contributed by atoms with E-state index in [1.54, 1.807) is 0 Å².